The largest absolute Gasteiger partial charge is 0.492 e. The molecule has 0 aliphatic carbocycles. The summed E-state index contributed by atoms with van der Waals surface area (Å²) in [5.74, 6) is -1.10. The highest BCUT2D eigenvalue weighted by Gasteiger charge is 2.26. The summed E-state index contributed by atoms with van der Waals surface area (Å²) in [6, 6.07) is 0.952. The van der Waals surface area contributed by atoms with E-state index in [-0.39, 0.29) is 29.6 Å². The normalized spacial score (nSPS) is 13.8. The highest BCUT2D eigenvalue weighted by Crippen LogP contribution is 2.33. The third kappa shape index (κ3) is 21.0. The van der Waals surface area contributed by atoms with E-state index in [9.17, 15) is 24.0 Å². The lowest BCUT2D eigenvalue weighted by Gasteiger charge is -2.25. The molecule has 10 aromatic rings. The van der Waals surface area contributed by atoms with Crippen LogP contribution >= 0.6 is 11.6 Å². The Hall–Kier alpha value is -10.2. The maximum atomic E-state index is 12.3. The van der Waals surface area contributed by atoms with Crippen molar-refractivity contribution in [3.8, 4) is 11.5 Å². The number of aromatic amines is 2. The van der Waals surface area contributed by atoms with Gasteiger partial charge in [-0.1, -0.05) is 18.5 Å². The van der Waals surface area contributed by atoms with Gasteiger partial charge in [-0.3, -0.25) is 10.2 Å². The smallest absolute Gasteiger partial charge is 0.343 e. The Balaban J connectivity index is 0.000000163. The van der Waals surface area contributed by atoms with Crippen molar-refractivity contribution in [2.24, 2.45) is 5.73 Å². The number of nitrogens with one attached hydrogen (secondary N) is 4. The summed E-state index contributed by atoms with van der Waals surface area (Å²) in [7, 11) is 0. The van der Waals surface area contributed by atoms with E-state index in [1.165, 1.54) is 24.8 Å². The van der Waals surface area contributed by atoms with Crippen LogP contribution in [0, 0.1) is 0 Å². The number of halogens is 1. The van der Waals surface area contributed by atoms with Crippen molar-refractivity contribution in [2.75, 3.05) is 96.5 Å². The fraction of sp³-hybridized carbons (Fsp3) is 0.507. The van der Waals surface area contributed by atoms with Gasteiger partial charge in [-0.15, -0.1) is 0 Å². The van der Waals surface area contributed by atoms with Crippen molar-refractivity contribution in [1.29, 1.82) is 0 Å². The molecule has 13 heterocycles. The zero-order valence-corrected chi connectivity index (χ0v) is 61.9. The number of esters is 5. The molecule has 34 heteroatoms. The summed E-state index contributed by atoms with van der Waals surface area (Å²) in [5.41, 5.74) is 12.3. The van der Waals surface area contributed by atoms with Gasteiger partial charge in [-0.25, -0.2) is 62.9 Å². The Morgan fingerprint density at radius 3 is 1.26 bits per heavy atom. The lowest BCUT2D eigenvalue weighted by atomic mass is 10.1. The van der Waals surface area contributed by atoms with Crippen LogP contribution in [0.1, 0.15) is 166 Å². The third-order valence-electron chi connectivity index (χ3n) is 16.3. The van der Waals surface area contributed by atoms with Crippen molar-refractivity contribution in [3.63, 3.8) is 0 Å². The van der Waals surface area contributed by atoms with E-state index >= 15 is 0 Å². The van der Waals surface area contributed by atoms with Crippen molar-refractivity contribution in [3.05, 3.63) is 94.8 Å². The second kappa shape index (κ2) is 41.3. The number of ether oxygens (including phenoxy) is 10. The van der Waals surface area contributed by atoms with E-state index in [0.717, 1.165) is 124 Å². The molecule has 3 aliphatic heterocycles. The first-order valence-electron chi connectivity index (χ1n) is 35.6. The Bertz CT molecular complexity index is 4440. The lowest BCUT2D eigenvalue weighted by Crippen LogP contribution is -2.29. The summed E-state index contributed by atoms with van der Waals surface area (Å²) in [6.45, 7) is 28.0. The lowest BCUT2D eigenvalue weighted by molar-refractivity contribution is 0.0512. The second-order valence-corrected chi connectivity index (χ2v) is 23.7. The Labute approximate surface area is 611 Å². The number of pyridine rings is 5. The number of rotatable bonds is 22. The number of nitrogens with two attached hydrogens (primary N) is 1. The van der Waals surface area contributed by atoms with E-state index in [0.29, 0.717) is 138 Å². The molecular formula is C71H95ClN18O15. The Morgan fingerprint density at radius 1 is 0.438 bits per heavy atom. The highest BCUT2D eigenvalue weighted by molar-refractivity contribution is 6.38. The van der Waals surface area contributed by atoms with Crippen LogP contribution in [0.4, 0.5) is 11.4 Å². The molecule has 33 nitrogen and oxygen atoms in total. The predicted octanol–water partition coefficient (Wildman–Crippen LogP) is 10.3. The molecule has 3 saturated heterocycles. The van der Waals surface area contributed by atoms with E-state index in [1.54, 1.807) is 81.2 Å². The number of carbonyl (C=O) groups is 5. The quantitative estimate of drug-likeness (QED) is 0.0311. The molecular weight excluding hydrogens is 1380 g/mol. The van der Waals surface area contributed by atoms with Crippen molar-refractivity contribution >= 4 is 108 Å². The first-order valence-corrected chi connectivity index (χ1v) is 36.0. The number of H-pyrrole nitrogens is 2. The number of hydrogen-bond donors (Lipinski definition) is 5. The van der Waals surface area contributed by atoms with Gasteiger partial charge in [0.2, 0.25) is 0 Å². The second-order valence-electron chi connectivity index (χ2n) is 23.3. The van der Waals surface area contributed by atoms with Gasteiger partial charge in [0.15, 0.2) is 28.2 Å². The first-order chi connectivity index (χ1) is 51.1. The van der Waals surface area contributed by atoms with E-state index in [1.807, 2.05) is 32.4 Å². The van der Waals surface area contributed by atoms with Crippen LogP contribution in [-0.2, 0) is 57.5 Å². The molecule has 0 unspecified atom stereocenters. The summed E-state index contributed by atoms with van der Waals surface area (Å²) in [5, 5.41) is 37.2. The minimum atomic E-state index is -0.462. The van der Waals surface area contributed by atoms with Gasteiger partial charge in [0.05, 0.1) is 126 Å². The van der Waals surface area contributed by atoms with Gasteiger partial charge in [0.1, 0.15) is 33.8 Å². The fourth-order valence-corrected chi connectivity index (χ4v) is 11.4. The molecule has 0 amide bonds. The summed E-state index contributed by atoms with van der Waals surface area (Å²) >= 11 is 6.15. The topological polar surface area (TPSA) is 403 Å². The molecule has 566 valence electrons. The molecule has 3 fully saturated rings. The number of aryl methyl sites for hydroxylation is 3. The van der Waals surface area contributed by atoms with Gasteiger partial charge in [0.25, 0.3) is 0 Å². The molecule has 0 radical (unpaired) electrons. The number of hydrogen-bond acceptors (Lipinski definition) is 28. The molecule has 0 atom stereocenters. The molecule has 0 saturated carbocycles. The standard InChI is InChI=1S/C17H24N4O3.C14H18N4O3.C13H17N3O3.C11H12ClN3O2.C11H13N3O3.C5H11NO/c1-3-7-21-16-13(11-19-21)15(20-12-5-8-23-9-6-12)14(10-18-16)17(22)24-4-2;1-2-21-14(19)11-7-15-13-10(8-16-18-13)12(11)17-9-3-5-20-6-4-9;1-4-16-12-9(8-15-16)11(18-5-2)10(7-14-12)13(17)19-6-3;1-3-15-10-7(6-14-15)9(12)8(5-13-10)11(16)17-4-2;1-3-16-9-7-6-13-14-10(7)12-5-8(9)11(15)17-4-2;6-5-1-3-7-4-2-5/h10-12H,3-9H2,1-2H3,(H,18,20);7-9H,2-6H2,1H3,(H2,15,16,17,18);7-8H,4-6H2,1-3H3;5-6H,3-4H2,1-2H3;5-6H,3-4H2,1-2H3,(H,12,13,14);5H,1-4,6H2. The van der Waals surface area contributed by atoms with Crippen LogP contribution in [0.3, 0.4) is 0 Å². The number of fused-ring (bicyclic) bond motifs is 5. The molecule has 6 N–H and O–H groups in total. The number of anilines is 2. The van der Waals surface area contributed by atoms with Crippen LogP contribution in [0.2, 0.25) is 5.02 Å². The minimum absolute atomic E-state index is 0.270. The van der Waals surface area contributed by atoms with Crippen molar-refractivity contribution in [1.82, 2.24) is 74.7 Å². The van der Waals surface area contributed by atoms with Crippen LogP contribution in [-0.4, -0.2) is 209 Å². The average molecular weight is 1480 g/mol. The van der Waals surface area contributed by atoms with E-state index < -0.39 is 17.9 Å². The average Bonchev–Trinajstić information content (AvgIpc) is 1.76. The van der Waals surface area contributed by atoms with Crippen molar-refractivity contribution in [2.45, 2.75) is 152 Å². The number of aromatic nitrogens is 15. The van der Waals surface area contributed by atoms with Gasteiger partial charge in [0, 0.05) is 108 Å². The minimum Gasteiger partial charge on any atom is -0.492 e. The van der Waals surface area contributed by atoms with E-state index in [2.05, 4.69) is 78.2 Å². The maximum Gasteiger partial charge on any atom is 0.343 e. The SMILES string of the molecule is CCCn1ncc2c(NC3CCOCC3)c(C(=O)OCC)cnc21.CCOC(=O)c1cnc2[nH]ncc2c1NC1CCOCC1.CCOC(=O)c1cnc2[nH]ncc2c1OCC.CCOC(=O)c1cnc2c(cnn2CC)c1Cl.CCOC(=O)c1cnc2c(cnn2CC)c1OCC.NC1CCOCC1. The van der Waals surface area contributed by atoms with Crippen molar-refractivity contribution < 1.29 is 71.3 Å². The van der Waals surface area contributed by atoms with Gasteiger partial charge in [-0.05, 0) is 107 Å². The molecule has 0 bridgehead atoms. The summed E-state index contributed by atoms with van der Waals surface area (Å²) in [4.78, 5) is 80.9. The molecule has 0 aromatic carbocycles. The maximum absolute atomic E-state index is 12.3. The fourth-order valence-electron chi connectivity index (χ4n) is 11.1. The predicted molar refractivity (Wildman–Crippen MR) is 392 cm³/mol. The van der Waals surface area contributed by atoms with E-state index in [4.69, 9.17) is 64.7 Å². The van der Waals surface area contributed by atoms with Gasteiger partial charge in [-0.2, -0.15) is 25.5 Å². The summed E-state index contributed by atoms with van der Waals surface area (Å²) in [6.07, 6.45) is 22.5. The molecule has 3 aliphatic rings. The van der Waals surface area contributed by atoms with Crippen LogP contribution in [0.15, 0.2) is 62.0 Å². The van der Waals surface area contributed by atoms with Gasteiger partial charge < -0.3 is 63.7 Å². The Morgan fingerprint density at radius 2 is 0.800 bits per heavy atom. The first kappa shape index (κ1) is 80.5. The van der Waals surface area contributed by atoms with Gasteiger partial charge >= 0.3 is 29.8 Å². The van der Waals surface area contributed by atoms with Crippen LogP contribution < -0.4 is 25.8 Å². The zero-order valence-electron chi connectivity index (χ0n) is 61.2. The molecule has 10 aromatic heterocycles. The number of carbonyl (C=O) groups excluding carboxylic acids is 5. The van der Waals surface area contributed by atoms with Crippen LogP contribution in [0.25, 0.3) is 55.2 Å². The molecule has 0 spiro atoms. The monoisotopic (exact) mass is 1470 g/mol. The van der Waals surface area contributed by atoms with Crippen LogP contribution in [0.5, 0.6) is 11.5 Å². The zero-order chi connectivity index (χ0) is 75.2. The molecule has 13 rings (SSSR count). The Kier molecular flexibility index (Phi) is 31.7. The summed E-state index contributed by atoms with van der Waals surface area (Å²) < 4.78 is 57.4. The number of nitrogens with zero attached hydrogens (tertiary/aromatic N) is 13. The molecule has 105 heavy (non-hydrogen) atoms. The highest BCUT2D eigenvalue weighted by atomic mass is 35.5. The third-order valence-corrected chi connectivity index (χ3v) is 16.7.